The van der Waals surface area contributed by atoms with Gasteiger partial charge in [0.25, 0.3) is 0 Å². The van der Waals surface area contributed by atoms with Crippen molar-refractivity contribution < 1.29 is 17.1 Å². The molecular weight excluding hydrogens is 162 g/mol. The minimum absolute atomic E-state index is 0. The van der Waals surface area contributed by atoms with E-state index in [1.54, 1.807) is 0 Å². The average molecular weight is 163 g/mol. The van der Waals surface area contributed by atoms with Crippen LogP contribution in [0.5, 0.6) is 0 Å². The fraction of sp³-hybridized carbons (Fsp3) is 1.00. The molecule has 0 aromatic carbocycles. The molecule has 6 nitrogen and oxygen atoms in total. The molecule has 0 unspecified atom stereocenters. The summed E-state index contributed by atoms with van der Waals surface area (Å²) in [5.41, 5.74) is 0. The van der Waals surface area contributed by atoms with Gasteiger partial charge in [0.05, 0.1) is 0 Å². The van der Waals surface area contributed by atoms with Gasteiger partial charge in [0, 0.05) is 17.1 Å². The van der Waals surface area contributed by atoms with Crippen LogP contribution in [0.1, 0.15) is 0 Å². The van der Waals surface area contributed by atoms with Crippen molar-refractivity contribution in [2.24, 2.45) is 25.9 Å². The standard InChI is InChI=1S/CHN5O.Cu/c7-4-1-2-5-6-3-1;/h1H;. The van der Waals surface area contributed by atoms with E-state index in [1.807, 2.05) is 0 Å². The quantitative estimate of drug-likeness (QED) is 0.416. The van der Waals surface area contributed by atoms with Crippen molar-refractivity contribution in [3.05, 3.63) is 4.91 Å². The predicted molar refractivity (Wildman–Crippen MR) is 19.3 cm³/mol. The summed E-state index contributed by atoms with van der Waals surface area (Å²) in [5, 5.41) is 14.8. The molecule has 0 spiro atoms. The minimum atomic E-state index is -0.917. The Labute approximate surface area is 54.9 Å². The summed E-state index contributed by atoms with van der Waals surface area (Å²) in [6, 6.07) is 0. The fourth-order valence-corrected chi connectivity index (χ4v) is 0.204. The molecule has 0 aromatic heterocycles. The molecule has 0 atom stereocenters. The van der Waals surface area contributed by atoms with Crippen molar-refractivity contribution in [2.45, 2.75) is 6.29 Å². The van der Waals surface area contributed by atoms with E-state index in [0.717, 1.165) is 0 Å². The summed E-state index contributed by atoms with van der Waals surface area (Å²) >= 11 is 0. The van der Waals surface area contributed by atoms with E-state index < -0.39 is 6.29 Å². The fourth-order valence-electron chi connectivity index (χ4n) is 0.204. The molecule has 1 heterocycles. The van der Waals surface area contributed by atoms with Crippen LogP contribution < -0.4 is 0 Å². The van der Waals surface area contributed by atoms with Crippen LogP contribution in [0.3, 0.4) is 0 Å². The van der Waals surface area contributed by atoms with E-state index >= 15 is 0 Å². The Morgan fingerprint density at radius 3 is 2.00 bits per heavy atom. The van der Waals surface area contributed by atoms with Crippen LogP contribution in [0.2, 0.25) is 0 Å². The van der Waals surface area contributed by atoms with Gasteiger partial charge in [-0.2, -0.15) is 0 Å². The molecule has 0 aromatic rings. The first kappa shape index (κ1) is 7.32. The molecule has 0 amide bonds. The molecule has 0 fully saturated rings. The summed E-state index contributed by atoms with van der Waals surface area (Å²) < 4.78 is 0. The third kappa shape index (κ3) is 1.43. The summed E-state index contributed by atoms with van der Waals surface area (Å²) in [4.78, 5) is 9.45. The van der Waals surface area contributed by atoms with Crippen LogP contribution in [0.25, 0.3) is 0 Å². The molecule has 1 aliphatic rings. The second kappa shape index (κ2) is 3.34. The zero-order valence-corrected chi connectivity index (χ0v) is 4.46. The van der Waals surface area contributed by atoms with Gasteiger partial charge >= 0.3 is 6.29 Å². The predicted octanol–water partition coefficient (Wildman–Crippen LogP) is 0.867. The maximum atomic E-state index is 9.45. The Bertz CT molecular complexity index is 118. The molecule has 47 valence electrons. The summed E-state index contributed by atoms with van der Waals surface area (Å²) in [5.74, 6) is 0. The van der Waals surface area contributed by atoms with Crippen molar-refractivity contribution in [2.75, 3.05) is 0 Å². The van der Waals surface area contributed by atoms with Gasteiger partial charge in [0.2, 0.25) is 0 Å². The first-order chi connectivity index (χ1) is 3.43. The second-order valence-electron chi connectivity index (χ2n) is 0.862. The van der Waals surface area contributed by atoms with Gasteiger partial charge in [-0.05, 0) is 15.6 Å². The van der Waals surface area contributed by atoms with Crippen LogP contribution in [0.15, 0.2) is 25.9 Å². The van der Waals surface area contributed by atoms with Gasteiger partial charge in [-0.3, -0.25) is 0 Å². The SMILES string of the molecule is O=NC1N=NN=N1.[Cu]. The van der Waals surface area contributed by atoms with Gasteiger partial charge in [-0.1, -0.05) is 0 Å². The zero-order valence-electron chi connectivity index (χ0n) is 3.52. The number of nitroso groups, excluding NO2 is 1. The molecule has 0 N–H and O–H groups in total. The number of hydrogen-bond acceptors (Lipinski definition) is 6. The molecule has 0 saturated carbocycles. The summed E-state index contributed by atoms with van der Waals surface area (Å²) in [6.45, 7) is 0. The van der Waals surface area contributed by atoms with E-state index in [9.17, 15) is 4.91 Å². The summed E-state index contributed by atoms with van der Waals surface area (Å²) in [6.07, 6.45) is -0.917. The average Bonchev–Trinajstić information content (AvgIpc) is 2.14. The zero-order chi connectivity index (χ0) is 5.11. The van der Waals surface area contributed by atoms with Crippen molar-refractivity contribution in [1.82, 2.24) is 0 Å². The number of hydrogen-bond donors (Lipinski definition) is 0. The second-order valence-corrected chi connectivity index (χ2v) is 0.862. The van der Waals surface area contributed by atoms with Crippen molar-refractivity contribution in [3.63, 3.8) is 0 Å². The maximum Gasteiger partial charge on any atom is 0.313 e. The molecule has 0 aliphatic carbocycles. The van der Waals surface area contributed by atoms with Crippen LogP contribution in [-0.2, 0) is 17.1 Å². The third-order valence-electron chi connectivity index (χ3n) is 0.444. The van der Waals surface area contributed by atoms with Crippen LogP contribution in [0.4, 0.5) is 0 Å². The van der Waals surface area contributed by atoms with E-state index in [2.05, 4.69) is 25.9 Å². The number of nitrogens with zero attached hydrogens (tertiary/aromatic N) is 5. The van der Waals surface area contributed by atoms with Gasteiger partial charge in [-0.15, -0.1) is 15.1 Å². The van der Waals surface area contributed by atoms with Gasteiger partial charge in [-0.25, -0.2) is 0 Å². The van der Waals surface area contributed by atoms with E-state index in [0.29, 0.717) is 0 Å². The van der Waals surface area contributed by atoms with Crippen LogP contribution in [0, 0.1) is 4.91 Å². The van der Waals surface area contributed by atoms with E-state index in [1.165, 1.54) is 0 Å². The van der Waals surface area contributed by atoms with E-state index in [4.69, 9.17) is 0 Å². The van der Waals surface area contributed by atoms with Crippen LogP contribution in [-0.4, -0.2) is 6.29 Å². The Morgan fingerprint density at radius 1 is 1.25 bits per heavy atom. The van der Waals surface area contributed by atoms with Gasteiger partial charge in [0.1, 0.15) is 0 Å². The van der Waals surface area contributed by atoms with Crippen molar-refractivity contribution in [1.29, 1.82) is 0 Å². The largest absolute Gasteiger partial charge is 0.313 e. The maximum absolute atomic E-state index is 9.45. The van der Waals surface area contributed by atoms with Crippen molar-refractivity contribution in [3.8, 4) is 0 Å². The molecule has 1 rings (SSSR count). The first-order valence-electron chi connectivity index (χ1n) is 1.56. The van der Waals surface area contributed by atoms with Crippen molar-refractivity contribution >= 4 is 0 Å². The topological polar surface area (TPSA) is 78.9 Å². The first-order valence-corrected chi connectivity index (χ1v) is 1.56. The van der Waals surface area contributed by atoms with E-state index in [-0.39, 0.29) is 17.1 Å². The molecule has 1 radical (unpaired) electrons. The summed E-state index contributed by atoms with van der Waals surface area (Å²) in [7, 11) is 0. The monoisotopic (exact) mass is 162 g/mol. The Hall–Kier alpha value is -0.681. The molecular formula is CHCuN5O. The smallest absolute Gasteiger partial charge is 0.146 e. The molecule has 1 aliphatic heterocycles. The Morgan fingerprint density at radius 2 is 1.75 bits per heavy atom. The van der Waals surface area contributed by atoms with Crippen LogP contribution >= 0.6 is 0 Å². The number of rotatable bonds is 1. The minimum Gasteiger partial charge on any atom is -0.146 e. The molecule has 0 saturated heterocycles. The Kier molecular flexibility index (Phi) is 3.05. The molecule has 0 bridgehead atoms. The third-order valence-corrected chi connectivity index (χ3v) is 0.444. The van der Waals surface area contributed by atoms with Gasteiger partial charge < -0.3 is 0 Å². The van der Waals surface area contributed by atoms with Gasteiger partial charge in [0.15, 0.2) is 0 Å². The Balaban J connectivity index is 0.000000490. The molecule has 8 heavy (non-hydrogen) atoms. The normalized spacial score (nSPS) is 16.0. The molecule has 7 heteroatoms.